The van der Waals surface area contributed by atoms with Crippen LogP contribution in [0.1, 0.15) is 42.2 Å². The number of benzene rings is 2. The lowest BCUT2D eigenvalue weighted by atomic mass is 10.00. The summed E-state index contributed by atoms with van der Waals surface area (Å²) < 4.78 is 14.1. The Morgan fingerprint density at radius 2 is 2.03 bits per heavy atom. The van der Waals surface area contributed by atoms with E-state index in [4.69, 9.17) is 19.2 Å². The molecule has 0 aliphatic carbocycles. The molecule has 0 radical (unpaired) electrons. The van der Waals surface area contributed by atoms with Gasteiger partial charge < -0.3 is 24.3 Å². The number of aliphatic hydroxyl groups excluding tert-OH is 1. The smallest absolute Gasteiger partial charge is 0.141 e. The lowest BCUT2D eigenvalue weighted by Crippen LogP contribution is -2.16. The van der Waals surface area contributed by atoms with Gasteiger partial charge in [-0.15, -0.1) is 0 Å². The minimum atomic E-state index is -0.164. The number of aryl methyl sites for hydroxylation is 2. The average molecular weight is 498 g/mol. The van der Waals surface area contributed by atoms with Crippen molar-refractivity contribution in [2.75, 3.05) is 19.7 Å². The minimum absolute atomic E-state index is 0.0323. The SMILES string of the molecule is Cc1noc(C)c1-c1cc2ncc3nc(CO)n([C@H](C)c4ccccc4)c3c2cc1OC[C@H]1CCNC1. The number of imidazole rings is 1. The van der Waals surface area contributed by atoms with Crippen LogP contribution in [0.3, 0.4) is 0 Å². The predicted octanol–water partition coefficient (Wildman–Crippen LogP) is 4.95. The minimum Gasteiger partial charge on any atom is -0.493 e. The Kier molecular flexibility index (Phi) is 6.14. The summed E-state index contributed by atoms with van der Waals surface area (Å²) in [6.45, 7) is 8.44. The Hall–Kier alpha value is -3.75. The van der Waals surface area contributed by atoms with Crippen molar-refractivity contribution in [3.05, 3.63) is 71.5 Å². The molecular formula is C29H31N5O3. The third kappa shape index (κ3) is 4.16. The highest BCUT2D eigenvalue weighted by molar-refractivity contribution is 6.05. The van der Waals surface area contributed by atoms with Gasteiger partial charge in [0, 0.05) is 23.4 Å². The van der Waals surface area contributed by atoms with Crippen molar-refractivity contribution in [3.63, 3.8) is 0 Å². The zero-order valence-electron chi connectivity index (χ0n) is 21.4. The van der Waals surface area contributed by atoms with Gasteiger partial charge in [-0.3, -0.25) is 4.98 Å². The number of hydrogen-bond donors (Lipinski definition) is 2. The molecule has 3 aromatic heterocycles. The second kappa shape index (κ2) is 9.61. The molecule has 8 heteroatoms. The largest absolute Gasteiger partial charge is 0.493 e. The molecule has 5 aromatic rings. The van der Waals surface area contributed by atoms with Gasteiger partial charge in [0.1, 0.15) is 29.5 Å². The van der Waals surface area contributed by atoms with E-state index in [-0.39, 0.29) is 12.6 Å². The van der Waals surface area contributed by atoms with Crippen LogP contribution in [-0.4, -0.2) is 44.5 Å². The first-order valence-corrected chi connectivity index (χ1v) is 12.8. The van der Waals surface area contributed by atoms with Crippen LogP contribution in [0.2, 0.25) is 0 Å². The van der Waals surface area contributed by atoms with E-state index >= 15 is 0 Å². The summed E-state index contributed by atoms with van der Waals surface area (Å²) in [7, 11) is 0. The van der Waals surface area contributed by atoms with E-state index in [9.17, 15) is 5.11 Å². The summed E-state index contributed by atoms with van der Waals surface area (Å²) in [6.07, 6.45) is 2.88. The topological polar surface area (TPSA) is 98.2 Å². The van der Waals surface area contributed by atoms with Crippen molar-refractivity contribution in [2.24, 2.45) is 5.92 Å². The van der Waals surface area contributed by atoms with Crippen LogP contribution < -0.4 is 10.1 Å². The fourth-order valence-corrected chi connectivity index (χ4v) is 5.51. The Bertz CT molecular complexity index is 1550. The molecule has 2 N–H and O–H groups in total. The Labute approximate surface area is 215 Å². The van der Waals surface area contributed by atoms with Crippen molar-refractivity contribution in [3.8, 4) is 16.9 Å². The standard InChI is InChI=1S/C29H31N5O3/c1-17-28(19(3)37-33-17)23-11-24-22(12-26(23)36-16-20-9-10-30-13-20)29-25(14-31-24)32-27(15-35)34(29)18(2)21-7-5-4-6-8-21/h4-8,11-12,14,18,20,30,35H,9-10,13,15-16H2,1-3H3/t18-,20+/m1/s1. The van der Waals surface area contributed by atoms with Crippen LogP contribution in [-0.2, 0) is 6.61 Å². The van der Waals surface area contributed by atoms with Gasteiger partial charge in [0.15, 0.2) is 0 Å². The predicted molar refractivity (Wildman–Crippen MR) is 143 cm³/mol. The number of aliphatic hydroxyl groups is 1. The van der Waals surface area contributed by atoms with Crippen LogP contribution in [0, 0.1) is 19.8 Å². The average Bonchev–Trinajstić information content (AvgIpc) is 3.66. The molecule has 1 aliphatic rings. The number of aromatic nitrogens is 4. The Morgan fingerprint density at radius 3 is 2.73 bits per heavy atom. The maximum atomic E-state index is 10.2. The van der Waals surface area contributed by atoms with Crippen molar-refractivity contribution >= 4 is 21.9 Å². The third-order valence-electron chi connectivity index (χ3n) is 7.44. The van der Waals surface area contributed by atoms with E-state index in [1.807, 2.05) is 32.0 Å². The van der Waals surface area contributed by atoms with Gasteiger partial charge in [0.2, 0.25) is 0 Å². The number of nitrogens with zero attached hydrogens (tertiary/aromatic N) is 4. The van der Waals surface area contributed by atoms with Crippen LogP contribution in [0.15, 0.2) is 53.2 Å². The van der Waals surface area contributed by atoms with Gasteiger partial charge in [0.25, 0.3) is 0 Å². The fraction of sp³-hybridized carbons (Fsp3) is 0.345. The molecule has 8 nitrogen and oxygen atoms in total. The molecule has 4 heterocycles. The zero-order chi connectivity index (χ0) is 25.5. The number of rotatable bonds is 7. The van der Waals surface area contributed by atoms with Crippen molar-refractivity contribution < 1.29 is 14.4 Å². The first-order valence-electron chi connectivity index (χ1n) is 12.8. The van der Waals surface area contributed by atoms with E-state index < -0.39 is 0 Å². The van der Waals surface area contributed by atoms with E-state index in [0.29, 0.717) is 18.3 Å². The first-order chi connectivity index (χ1) is 18.0. The molecule has 0 amide bonds. The Morgan fingerprint density at radius 1 is 1.19 bits per heavy atom. The molecule has 37 heavy (non-hydrogen) atoms. The molecule has 0 spiro atoms. The molecule has 6 rings (SSSR count). The molecule has 190 valence electrons. The van der Waals surface area contributed by atoms with Crippen LogP contribution in [0.25, 0.3) is 33.1 Å². The lowest BCUT2D eigenvalue weighted by Gasteiger charge is -2.19. The normalized spacial score (nSPS) is 16.6. The van der Waals surface area contributed by atoms with Gasteiger partial charge in [0.05, 0.1) is 41.1 Å². The number of fused-ring (bicyclic) bond motifs is 3. The van der Waals surface area contributed by atoms with Crippen LogP contribution >= 0.6 is 0 Å². The first kappa shape index (κ1) is 23.6. The second-order valence-electron chi connectivity index (χ2n) is 9.87. The van der Waals surface area contributed by atoms with Crippen molar-refractivity contribution in [1.82, 2.24) is 25.0 Å². The van der Waals surface area contributed by atoms with E-state index in [1.54, 1.807) is 6.20 Å². The molecule has 0 unspecified atom stereocenters. The van der Waals surface area contributed by atoms with E-state index in [0.717, 1.165) is 75.3 Å². The van der Waals surface area contributed by atoms with Crippen LogP contribution in [0.5, 0.6) is 5.75 Å². The van der Waals surface area contributed by atoms with Crippen LogP contribution in [0.4, 0.5) is 0 Å². The van der Waals surface area contributed by atoms with E-state index in [1.165, 1.54) is 0 Å². The molecule has 1 saturated heterocycles. The molecule has 0 bridgehead atoms. The van der Waals surface area contributed by atoms with E-state index in [2.05, 4.69) is 46.2 Å². The molecule has 0 saturated carbocycles. The van der Waals surface area contributed by atoms with Crippen molar-refractivity contribution in [2.45, 2.75) is 39.8 Å². The summed E-state index contributed by atoms with van der Waals surface area (Å²) in [5, 5.41) is 18.8. The summed E-state index contributed by atoms with van der Waals surface area (Å²) in [6, 6.07) is 14.4. The summed E-state index contributed by atoms with van der Waals surface area (Å²) in [4.78, 5) is 9.51. The molecule has 1 aliphatic heterocycles. The molecule has 1 fully saturated rings. The summed E-state index contributed by atoms with van der Waals surface area (Å²) >= 11 is 0. The summed E-state index contributed by atoms with van der Waals surface area (Å²) in [5.41, 5.74) is 6.31. The highest BCUT2D eigenvalue weighted by Gasteiger charge is 2.24. The van der Waals surface area contributed by atoms with Gasteiger partial charge in [-0.1, -0.05) is 35.5 Å². The summed E-state index contributed by atoms with van der Waals surface area (Å²) in [5.74, 6) is 2.59. The van der Waals surface area contributed by atoms with Gasteiger partial charge >= 0.3 is 0 Å². The number of pyridine rings is 1. The van der Waals surface area contributed by atoms with Gasteiger partial charge in [-0.2, -0.15) is 0 Å². The zero-order valence-corrected chi connectivity index (χ0v) is 21.4. The number of ether oxygens (including phenoxy) is 1. The highest BCUT2D eigenvalue weighted by Crippen LogP contribution is 2.40. The van der Waals surface area contributed by atoms with Gasteiger partial charge in [-0.25, -0.2) is 4.98 Å². The fourth-order valence-electron chi connectivity index (χ4n) is 5.51. The maximum Gasteiger partial charge on any atom is 0.141 e. The lowest BCUT2D eigenvalue weighted by molar-refractivity contribution is 0.261. The number of nitrogens with one attached hydrogen (secondary N) is 1. The molecule has 2 atom stereocenters. The molecule has 2 aromatic carbocycles. The van der Waals surface area contributed by atoms with Crippen molar-refractivity contribution in [1.29, 1.82) is 0 Å². The third-order valence-corrected chi connectivity index (χ3v) is 7.44. The van der Waals surface area contributed by atoms with Gasteiger partial charge in [-0.05, 0) is 51.4 Å². The number of hydrogen-bond acceptors (Lipinski definition) is 7. The second-order valence-corrected chi connectivity index (χ2v) is 9.87. The quantitative estimate of drug-likeness (QED) is 0.328. The maximum absolute atomic E-state index is 10.2. The molecular weight excluding hydrogens is 466 g/mol. The monoisotopic (exact) mass is 497 g/mol. The highest BCUT2D eigenvalue weighted by atomic mass is 16.5. The Balaban J connectivity index is 1.58.